The Balaban J connectivity index is 1.70. The Morgan fingerprint density at radius 3 is 2.88 bits per heavy atom. The molecule has 1 aliphatic carbocycles. The zero-order valence-electron chi connectivity index (χ0n) is 15.0. The second-order valence-electron chi connectivity index (χ2n) is 7.39. The van der Waals surface area contributed by atoms with Gasteiger partial charge in [0, 0.05) is 32.0 Å². The van der Waals surface area contributed by atoms with Gasteiger partial charge in [0.1, 0.15) is 0 Å². The summed E-state index contributed by atoms with van der Waals surface area (Å²) in [6, 6.07) is 0.416. The first-order valence-corrected chi connectivity index (χ1v) is 9.34. The van der Waals surface area contributed by atoms with Crippen LogP contribution in [-0.2, 0) is 0 Å². The van der Waals surface area contributed by atoms with E-state index in [2.05, 4.69) is 39.8 Å². The molecule has 2 unspecified atom stereocenters. The van der Waals surface area contributed by atoms with Crippen LogP contribution < -0.4 is 5.32 Å². The van der Waals surface area contributed by atoms with E-state index in [-0.39, 0.29) is 0 Å². The van der Waals surface area contributed by atoms with Gasteiger partial charge in [-0.15, -0.1) is 0 Å². The Morgan fingerprint density at radius 2 is 2.21 bits per heavy atom. The van der Waals surface area contributed by atoms with Crippen molar-refractivity contribution in [2.45, 2.75) is 57.6 Å². The summed E-state index contributed by atoms with van der Waals surface area (Å²) < 4.78 is 2.21. The largest absolute Gasteiger partial charge is 0.388 e. The quantitative estimate of drug-likeness (QED) is 0.654. The molecule has 2 fully saturated rings. The third-order valence-corrected chi connectivity index (χ3v) is 5.52. The number of nitrogens with one attached hydrogen (secondary N) is 1. The van der Waals surface area contributed by atoms with Gasteiger partial charge in [0.15, 0.2) is 5.96 Å². The number of hydrogen-bond donors (Lipinski definition) is 2. The van der Waals surface area contributed by atoms with E-state index in [1.807, 2.05) is 12.5 Å². The van der Waals surface area contributed by atoms with Gasteiger partial charge in [0.2, 0.25) is 0 Å². The fourth-order valence-electron chi connectivity index (χ4n) is 3.93. The van der Waals surface area contributed by atoms with Gasteiger partial charge < -0.3 is 19.9 Å². The predicted octanol–water partition coefficient (Wildman–Crippen LogP) is 2.04. The number of aromatic nitrogens is 2. The molecule has 134 valence electrons. The summed E-state index contributed by atoms with van der Waals surface area (Å²) in [4.78, 5) is 11.3. The lowest BCUT2D eigenvalue weighted by molar-refractivity contribution is 0.0569. The number of hydrogen-bond acceptors (Lipinski definition) is 3. The number of guanidine groups is 1. The third kappa shape index (κ3) is 3.91. The van der Waals surface area contributed by atoms with Crippen LogP contribution in [0.4, 0.5) is 0 Å². The van der Waals surface area contributed by atoms with E-state index in [0.29, 0.717) is 18.5 Å². The molecule has 2 heterocycles. The average Bonchev–Trinajstić information content (AvgIpc) is 3.24. The average molecular weight is 333 g/mol. The first kappa shape index (κ1) is 17.3. The number of imidazole rings is 1. The van der Waals surface area contributed by atoms with Crippen LogP contribution in [0.1, 0.15) is 52.0 Å². The molecule has 6 nitrogen and oxygen atoms in total. The number of likely N-dealkylation sites (tertiary alicyclic amines) is 1. The van der Waals surface area contributed by atoms with E-state index < -0.39 is 5.60 Å². The van der Waals surface area contributed by atoms with E-state index in [0.717, 1.165) is 57.7 Å². The summed E-state index contributed by atoms with van der Waals surface area (Å²) >= 11 is 0. The Hall–Kier alpha value is -1.56. The maximum absolute atomic E-state index is 10.6. The molecule has 2 aliphatic rings. The number of piperidine rings is 1. The van der Waals surface area contributed by atoms with Crippen molar-refractivity contribution in [3.63, 3.8) is 0 Å². The minimum absolute atomic E-state index is 0.416. The second-order valence-corrected chi connectivity index (χ2v) is 7.39. The van der Waals surface area contributed by atoms with Crippen molar-refractivity contribution in [2.24, 2.45) is 10.9 Å². The highest BCUT2D eigenvalue weighted by molar-refractivity contribution is 5.80. The molecule has 0 spiro atoms. The van der Waals surface area contributed by atoms with Crippen molar-refractivity contribution >= 4 is 5.96 Å². The fourth-order valence-corrected chi connectivity index (χ4v) is 3.93. The molecule has 1 saturated carbocycles. The van der Waals surface area contributed by atoms with E-state index >= 15 is 0 Å². The van der Waals surface area contributed by atoms with Crippen LogP contribution in [0.15, 0.2) is 23.7 Å². The highest BCUT2D eigenvalue weighted by atomic mass is 16.3. The molecule has 1 aromatic rings. The fraction of sp³-hybridized carbons (Fsp3) is 0.778. The summed E-state index contributed by atoms with van der Waals surface area (Å²) in [6.07, 6.45) is 10.9. The lowest BCUT2D eigenvalue weighted by Crippen LogP contribution is -2.49. The maximum Gasteiger partial charge on any atom is 0.194 e. The lowest BCUT2D eigenvalue weighted by Gasteiger charge is -2.39. The monoisotopic (exact) mass is 333 g/mol. The lowest BCUT2D eigenvalue weighted by atomic mass is 9.93. The van der Waals surface area contributed by atoms with E-state index in [4.69, 9.17) is 4.99 Å². The van der Waals surface area contributed by atoms with Gasteiger partial charge in [0.25, 0.3) is 0 Å². The van der Waals surface area contributed by atoms with Gasteiger partial charge in [0.05, 0.1) is 24.5 Å². The molecule has 1 aliphatic heterocycles. The molecule has 3 rings (SSSR count). The Kier molecular flexibility index (Phi) is 5.43. The summed E-state index contributed by atoms with van der Waals surface area (Å²) in [7, 11) is 0. The Morgan fingerprint density at radius 1 is 1.42 bits per heavy atom. The molecule has 0 aromatic carbocycles. The Labute approximate surface area is 145 Å². The SMILES string of the molecule is CCNC(=NCC1(O)CCCC1)N1CCC(C)C(n2ccnc2)C1. The zero-order valence-corrected chi connectivity index (χ0v) is 15.0. The smallest absolute Gasteiger partial charge is 0.194 e. The minimum atomic E-state index is -0.590. The van der Waals surface area contributed by atoms with Gasteiger partial charge in [-0.1, -0.05) is 19.8 Å². The first-order chi connectivity index (χ1) is 11.6. The van der Waals surface area contributed by atoms with Crippen LogP contribution in [0.5, 0.6) is 0 Å². The molecule has 0 amide bonds. The van der Waals surface area contributed by atoms with Crippen LogP contribution >= 0.6 is 0 Å². The maximum atomic E-state index is 10.6. The number of aliphatic imine (C=N–C) groups is 1. The van der Waals surface area contributed by atoms with E-state index in [1.54, 1.807) is 0 Å². The van der Waals surface area contributed by atoms with Crippen molar-refractivity contribution in [2.75, 3.05) is 26.2 Å². The summed E-state index contributed by atoms with van der Waals surface area (Å²) in [6.45, 7) is 7.71. The van der Waals surface area contributed by atoms with Crippen LogP contribution in [0.25, 0.3) is 0 Å². The van der Waals surface area contributed by atoms with Crippen molar-refractivity contribution in [1.82, 2.24) is 19.8 Å². The van der Waals surface area contributed by atoms with Crippen LogP contribution in [-0.4, -0.2) is 57.3 Å². The van der Waals surface area contributed by atoms with Gasteiger partial charge in [-0.2, -0.15) is 0 Å². The first-order valence-electron chi connectivity index (χ1n) is 9.34. The summed E-state index contributed by atoms with van der Waals surface area (Å²) in [5.74, 6) is 1.56. The molecule has 24 heavy (non-hydrogen) atoms. The summed E-state index contributed by atoms with van der Waals surface area (Å²) in [5.41, 5.74) is -0.590. The van der Waals surface area contributed by atoms with Crippen LogP contribution in [0.3, 0.4) is 0 Å². The van der Waals surface area contributed by atoms with Crippen molar-refractivity contribution in [3.8, 4) is 0 Å². The van der Waals surface area contributed by atoms with Crippen molar-refractivity contribution in [3.05, 3.63) is 18.7 Å². The summed E-state index contributed by atoms with van der Waals surface area (Å²) in [5, 5.41) is 14.0. The zero-order chi connectivity index (χ0) is 17.0. The molecule has 1 saturated heterocycles. The standard InChI is InChI=1S/C18H31N5O/c1-3-20-17(21-13-18(24)7-4-5-8-18)22-10-6-15(2)16(12-22)23-11-9-19-14-23/h9,11,14-16,24H,3-8,10,12-13H2,1-2H3,(H,20,21). The van der Waals surface area contributed by atoms with E-state index in [1.165, 1.54) is 0 Å². The highest BCUT2D eigenvalue weighted by Gasteiger charge is 2.32. The van der Waals surface area contributed by atoms with Crippen molar-refractivity contribution in [1.29, 1.82) is 0 Å². The Bertz CT molecular complexity index is 536. The van der Waals surface area contributed by atoms with E-state index in [9.17, 15) is 5.11 Å². The number of nitrogens with zero attached hydrogens (tertiary/aromatic N) is 4. The van der Waals surface area contributed by atoms with Gasteiger partial charge in [-0.25, -0.2) is 4.98 Å². The predicted molar refractivity (Wildman–Crippen MR) is 96.0 cm³/mol. The molecular weight excluding hydrogens is 302 g/mol. The van der Waals surface area contributed by atoms with Gasteiger partial charge in [-0.3, -0.25) is 4.99 Å². The second kappa shape index (κ2) is 7.55. The van der Waals surface area contributed by atoms with Crippen LogP contribution in [0, 0.1) is 5.92 Å². The topological polar surface area (TPSA) is 65.7 Å². The molecule has 2 atom stereocenters. The molecule has 1 aromatic heterocycles. The molecule has 0 bridgehead atoms. The van der Waals surface area contributed by atoms with Crippen LogP contribution in [0.2, 0.25) is 0 Å². The van der Waals surface area contributed by atoms with Gasteiger partial charge >= 0.3 is 0 Å². The molecule has 2 N–H and O–H groups in total. The molecule has 6 heteroatoms. The number of rotatable bonds is 4. The van der Waals surface area contributed by atoms with Gasteiger partial charge in [-0.05, 0) is 32.1 Å². The molecule has 0 radical (unpaired) electrons. The number of aliphatic hydroxyl groups is 1. The normalized spacial score (nSPS) is 27.5. The highest BCUT2D eigenvalue weighted by Crippen LogP contribution is 2.30. The van der Waals surface area contributed by atoms with Crippen molar-refractivity contribution < 1.29 is 5.11 Å². The third-order valence-electron chi connectivity index (χ3n) is 5.52. The molecular formula is C18H31N5O. The minimum Gasteiger partial charge on any atom is -0.388 e.